The summed E-state index contributed by atoms with van der Waals surface area (Å²) in [5.74, 6) is 0. The van der Waals surface area contributed by atoms with Crippen LogP contribution in [0.2, 0.25) is 0 Å². The van der Waals surface area contributed by atoms with Crippen LogP contribution in [-0.2, 0) is 31.4 Å². The molecule has 16 heavy (non-hydrogen) atoms. The summed E-state index contributed by atoms with van der Waals surface area (Å²) in [5.41, 5.74) is 0.717. The van der Waals surface area contributed by atoms with Gasteiger partial charge in [0.15, 0.2) is 0 Å². The summed E-state index contributed by atoms with van der Waals surface area (Å²) in [6.07, 6.45) is 1.68. The Balaban J connectivity index is 0.00000225. The van der Waals surface area contributed by atoms with Crippen LogP contribution >= 0.6 is 0 Å². The van der Waals surface area contributed by atoms with Gasteiger partial charge in [-0.1, -0.05) is 31.5 Å². The summed E-state index contributed by atoms with van der Waals surface area (Å²) >= 11 is 0. The van der Waals surface area contributed by atoms with E-state index in [2.05, 4.69) is 0 Å². The molecule has 0 saturated heterocycles. The third kappa shape index (κ3) is 4.26. The van der Waals surface area contributed by atoms with Crippen molar-refractivity contribution in [2.24, 2.45) is 0 Å². The number of hydrogen-bond acceptors (Lipinski definition) is 3. The summed E-state index contributed by atoms with van der Waals surface area (Å²) in [5, 5.41) is 0. The van der Waals surface area contributed by atoms with Crippen LogP contribution in [-0.4, -0.2) is 15.0 Å². The molecule has 1 aromatic carbocycles. The average Bonchev–Trinajstić information content (AvgIpc) is 2.18. The number of benzene rings is 1. The molecule has 0 atom stereocenters. The third-order valence-corrected chi connectivity index (χ3v) is 3.57. The second-order valence-electron chi connectivity index (χ2n) is 3.40. The van der Waals surface area contributed by atoms with Gasteiger partial charge in [-0.2, -0.15) is 8.42 Å². The Morgan fingerprint density at radius 3 is 2.44 bits per heavy atom. The fourth-order valence-corrected chi connectivity index (χ4v) is 2.39. The molecule has 0 spiro atoms. The predicted octanol–water partition coefficient (Wildman–Crippen LogP) is 2.50. The van der Waals surface area contributed by atoms with Crippen molar-refractivity contribution in [3.8, 4) is 0 Å². The SMILES string of the molecule is CCCCOS(=O)(=O)c1ccccc1C.[Fe]. The molecule has 0 N–H and O–H groups in total. The van der Waals surface area contributed by atoms with E-state index in [0.717, 1.165) is 12.8 Å². The Bertz CT molecular complexity index is 415. The van der Waals surface area contributed by atoms with Gasteiger partial charge >= 0.3 is 0 Å². The van der Waals surface area contributed by atoms with E-state index in [0.29, 0.717) is 5.56 Å². The molecule has 0 unspecified atom stereocenters. The monoisotopic (exact) mass is 284 g/mol. The van der Waals surface area contributed by atoms with Crippen LogP contribution < -0.4 is 0 Å². The minimum Gasteiger partial charge on any atom is -0.266 e. The van der Waals surface area contributed by atoms with E-state index >= 15 is 0 Å². The first-order valence-corrected chi connectivity index (χ1v) is 6.44. The second-order valence-corrected chi connectivity index (χ2v) is 4.98. The van der Waals surface area contributed by atoms with Crippen molar-refractivity contribution in [3.05, 3.63) is 29.8 Å². The Morgan fingerprint density at radius 2 is 1.88 bits per heavy atom. The molecule has 92 valence electrons. The first-order chi connectivity index (χ1) is 7.08. The number of rotatable bonds is 5. The van der Waals surface area contributed by atoms with Crippen molar-refractivity contribution >= 4 is 10.1 Å². The molecule has 1 rings (SSSR count). The Kier molecular flexibility index (Phi) is 6.91. The van der Waals surface area contributed by atoms with Crippen LogP contribution in [0.25, 0.3) is 0 Å². The standard InChI is InChI=1S/C11H16O3S.Fe/c1-3-4-9-14-15(12,13)11-8-6-5-7-10(11)2;/h5-8H,3-4,9H2,1-2H3;. The van der Waals surface area contributed by atoms with Crippen molar-refractivity contribution in [1.82, 2.24) is 0 Å². The Hall–Kier alpha value is -0.351. The van der Waals surface area contributed by atoms with Gasteiger partial charge in [0.2, 0.25) is 0 Å². The first-order valence-electron chi connectivity index (χ1n) is 5.03. The molecular weight excluding hydrogens is 268 g/mol. The quantitative estimate of drug-likeness (QED) is 0.474. The molecular formula is C11H16FeO3S. The Labute approximate surface area is 108 Å². The maximum Gasteiger partial charge on any atom is 0.297 e. The van der Waals surface area contributed by atoms with Crippen molar-refractivity contribution < 1.29 is 29.7 Å². The minimum atomic E-state index is -3.56. The second kappa shape index (κ2) is 7.07. The predicted molar refractivity (Wildman–Crippen MR) is 59.2 cm³/mol. The van der Waals surface area contributed by atoms with Crippen molar-refractivity contribution in [3.63, 3.8) is 0 Å². The molecule has 0 saturated carbocycles. The molecule has 0 amide bonds. The first kappa shape index (κ1) is 15.6. The molecule has 0 fully saturated rings. The molecule has 1 aromatic rings. The molecule has 5 heteroatoms. The molecule has 0 aliphatic rings. The van der Waals surface area contributed by atoms with Crippen LogP contribution in [0.5, 0.6) is 0 Å². The van der Waals surface area contributed by atoms with Crippen LogP contribution in [0.3, 0.4) is 0 Å². The van der Waals surface area contributed by atoms with Gasteiger partial charge in [-0.25, -0.2) is 0 Å². The van der Waals surface area contributed by atoms with Crippen LogP contribution in [0.15, 0.2) is 29.2 Å². The van der Waals surface area contributed by atoms with Crippen LogP contribution in [0, 0.1) is 6.92 Å². The van der Waals surface area contributed by atoms with Crippen molar-refractivity contribution in [2.45, 2.75) is 31.6 Å². The van der Waals surface area contributed by atoms with Gasteiger partial charge in [-0.15, -0.1) is 0 Å². The molecule has 0 aromatic heterocycles. The van der Waals surface area contributed by atoms with E-state index in [4.69, 9.17) is 4.18 Å². The van der Waals surface area contributed by atoms with E-state index in [9.17, 15) is 8.42 Å². The Morgan fingerprint density at radius 1 is 1.25 bits per heavy atom. The molecule has 0 heterocycles. The molecule has 0 aliphatic heterocycles. The van der Waals surface area contributed by atoms with E-state index in [1.807, 2.05) is 6.92 Å². The minimum absolute atomic E-state index is 0. The average molecular weight is 284 g/mol. The third-order valence-electron chi connectivity index (χ3n) is 2.10. The summed E-state index contributed by atoms with van der Waals surface area (Å²) in [7, 11) is -3.56. The normalized spacial score (nSPS) is 10.9. The van der Waals surface area contributed by atoms with Gasteiger partial charge in [-0.3, -0.25) is 4.18 Å². The fraction of sp³-hybridized carbons (Fsp3) is 0.455. The fourth-order valence-electron chi connectivity index (χ4n) is 1.21. The zero-order chi connectivity index (χ0) is 11.3. The maximum absolute atomic E-state index is 11.7. The maximum atomic E-state index is 11.7. The van der Waals surface area contributed by atoms with Gasteiger partial charge in [0, 0.05) is 17.1 Å². The smallest absolute Gasteiger partial charge is 0.266 e. The van der Waals surface area contributed by atoms with Gasteiger partial charge in [0.25, 0.3) is 10.1 Å². The molecule has 3 nitrogen and oxygen atoms in total. The van der Waals surface area contributed by atoms with E-state index in [1.165, 1.54) is 0 Å². The number of unbranched alkanes of at least 4 members (excludes halogenated alkanes) is 1. The topological polar surface area (TPSA) is 43.4 Å². The van der Waals surface area contributed by atoms with Gasteiger partial charge < -0.3 is 0 Å². The van der Waals surface area contributed by atoms with E-state index in [1.54, 1.807) is 31.2 Å². The van der Waals surface area contributed by atoms with Gasteiger partial charge in [0.05, 0.1) is 11.5 Å². The van der Waals surface area contributed by atoms with Gasteiger partial charge in [0.1, 0.15) is 0 Å². The summed E-state index contributed by atoms with van der Waals surface area (Å²) in [4.78, 5) is 0.265. The van der Waals surface area contributed by atoms with E-state index < -0.39 is 10.1 Å². The zero-order valence-corrected chi connectivity index (χ0v) is 11.3. The van der Waals surface area contributed by atoms with Crippen LogP contribution in [0.4, 0.5) is 0 Å². The van der Waals surface area contributed by atoms with Crippen molar-refractivity contribution in [2.75, 3.05) is 6.61 Å². The van der Waals surface area contributed by atoms with Crippen molar-refractivity contribution in [1.29, 1.82) is 0 Å². The van der Waals surface area contributed by atoms with E-state index in [-0.39, 0.29) is 28.6 Å². The van der Waals surface area contributed by atoms with Gasteiger partial charge in [-0.05, 0) is 25.0 Å². The summed E-state index contributed by atoms with van der Waals surface area (Å²) in [6, 6.07) is 6.83. The van der Waals surface area contributed by atoms with Crippen LogP contribution in [0.1, 0.15) is 25.3 Å². The summed E-state index contributed by atoms with van der Waals surface area (Å²) < 4.78 is 28.3. The largest absolute Gasteiger partial charge is 0.297 e. The number of aryl methyl sites for hydroxylation is 1. The molecule has 0 aliphatic carbocycles. The molecule has 0 radical (unpaired) electrons. The molecule has 0 bridgehead atoms. The number of hydrogen-bond donors (Lipinski definition) is 0. The zero-order valence-electron chi connectivity index (χ0n) is 9.42. The summed E-state index contributed by atoms with van der Waals surface area (Å²) in [6.45, 7) is 4.01.